The van der Waals surface area contributed by atoms with Gasteiger partial charge in [0, 0.05) is 11.1 Å². The maximum absolute atomic E-state index is 2.39. The normalized spacial score (nSPS) is 11.5. The summed E-state index contributed by atoms with van der Waals surface area (Å²) >= 11 is 0.366. The predicted molar refractivity (Wildman–Crippen MR) is 244 cm³/mol. The van der Waals surface area contributed by atoms with Crippen molar-refractivity contribution in [3.63, 3.8) is 0 Å². The molecule has 2 aromatic heterocycles. The van der Waals surface area contributed by atoms with E-state index in [1.807, 2.05) is 0 Å². The Kier molecular flexibility index (Phi) is 8.21. The number of hydrogen-bond acceptors (Lipinski definition) is 1. The van der Waals surface area contributed by atoms with Crippen LogP contribution in [-0.4, -0.2) is 19.1 Å². The molecule has 0 spiro atoms. The third-order valence-corrected chi connectivity index (χ3v) is 13.6. The zero-order valence-corrected chi connectivity index (χ0v) is 32.8. The van der Waals surface area contributed by atoms with E-state index in [1.165, 1.54) is 74.5 Å². The first-order valence-corrected chi connectivity index (χ1v) is 21.1. The number of aromatic nitrogens is 1. The zero-order valence-electron chi connectivity index (χ0n) is 31.1. The summed E-state index contributed by atoms with van der Waals surface area (Å²) in [5.41, 5.74) is 14.2. The number of benzene rings is 9. The Balaban J connectivity index is 1.01. The Morgan fingerprint density at radius 3 is 1.46 bits per heavy atom. The molecule has 0 N–H and O–H groups in total. The van der Waals surface area contributed by atoms with Crippen LogP contribution in [0.5, 0.6) is 0 Å². The van der Waals surface area contributed by atoms with E-state index in [-0.39, 0.29) is 0 Å². The standard InChI is InChI=1S/C54H36N2Se/c1-3-11-37(12-4-1)38-19-21-39(22-20-38)40-23-28-44(29-24-40)55(45-30-25-41(26-31-45)42-27-34-54-50(35-42)48-16-8-10-18-53(48)57-54)46-32-33-52-49(36-46)47-15-7-9-17-51(47)56(52)43-13-5-2-6-14-43/h1-36H. The van der Waals surface area contributed by atoms with Gasteiger partial charge >= 0.3 is 181 Å². The van der Waals surface area contributed by atoms with Gasteiger partial charge in [-0.15, -0.1) is 0 Å². The second-order valence-electron chi connectivity index (χ2n) is 14.6. The van der Waals surface area contributed by atoms with Gasteiger partial charge in [-0.25, -0.2) is 0 Å². The molecule has 0 saturated carbocycles. The van der Waals surface area contributed by atoms with E-state index < -0.39 is 0 Å². The molecular weight excluding hydrogens is 756 g/mol. The molecule has 0 fully saturated rings. The van der Waals surface area contributed by atoms with Gasteiger partial charge in [-0.3, -0.25) is 0 Å². The summed E-state index contributed by atoms with van der Waals surface area (Å²) in [5.74, 6) is 0. The Labute approximate surface area is 337 Å². The molecule has 57 heavy (non-hydrogen) atoms. The van der Waals surface area contributed by atoms with Crippen LogP contribution in [0, 0.1) is 0 Å². The van der Waals surface area contributed by atoms with Crippen molar-refractivity contribution >= 4 is 72.7 Å². The van der Waals surface area contributed by atoms with Crippen molar-refractivity contribution in [2.75, 3.05) is 4.90 Å². The van der Waals surface area contributed by atoms with Crippen molar-refractivity contribution in [3.8, 4) is 39.1 Å². The molecule has 268 valence electrons. The fraction of sp³-hybridized carbons (Fsp3) is 0. The Morgan fingerprint density at radius 2 is 0.772 bits per heavy atom. The quantitative estimate of drug-likeness (QED) is 0.146. The third-order valence-electron chi connectivity index (χ3n) is 11.2. The molecule has 0 amide bonds. The van der Waals surface area contributed by atoms with Gasteiger partial charge in [0.2, 0.25) is 0 Å². The van der Waals surface area contributed by atoms with Crippen LogP contribution in [0.1, 0.15) is 0 Å². The van der Waals surface area contributed by atoms with Crippen LogP contribution in [0.25, 0.3) is 80.2 Å². The molecule has 0 aliphatic heterocycles. The summed E-state index contributed by atoms with van der Waals surface area (Å²) in [7, 11) is 0. The van der Waals surface area contributed by atoms with Crippen LogP contribution >= 0.6 is 0 Å². The summed E-state index contributed by atoms with van der Waals surface area (Å²) in [6.45, 7) is 0. The Morgan fingerprint density at radius 1 is 0.298 bits per heavy atom. The minimum Gasteiger partial charge on any atom is -0.0617 e. The summed E-state index contributed by atoms with van der Waals surface area (Å²) in [6, 6.07) is 79.8. The number of fused-ring (bicyclic) bond motifs is 6. The Hall–Kier alpha value is -6.90. The second-order valence-corrected chi connectivity index (χ2v) is 16.8. The molecule has 11 rings (SSSR count). The summed E-state index contributed by atoms with van der Waals surface area (Å²) in [5, 5.41) is 5.23. The molecule has 3 heteroatoms. The second kappa shape index (κ2) is 14.0. The van der Waals surface area contributed by atoms with Crippen LogP contribution in [0.15, 0.2) is 218 Å². The van der Waals surface area contributed by atoms with Gasteiger partial charge in [0.15, 0.2) is 0 Å². The third kappa shape index (κ3) is 5.97. The fourth-order valence-corrected chi connectivity index (χ4v) is 10.7. The van der Waals surface area contributed by atoms with E-state index in [0.717, 1.165) is 22.7 Å². The molecule has 0 radical (unpaired) electrons. The van der Waals surface area contributed by atoms with Gasteiger partial charge in [0.25, 0.3) is 0 Å². The monoisotopic (exact) mass is 792 g/mol. The summed E-state index contributed by atoms with van der Waals surface area (Å²) in [4.78, 5) is 2.39. The van der Waals surface area contributed by atoms with E-state index in [2.05, 4.69) is 228 Å². The predicted octanol–water partition coefficient (Wildman–Crippen LogP) is 14.6. The molecule has 0 aliphatic rings. The van der Waals surface area contributed by atoms with Gasteiger partial charge in [-0.05, 0) is 40.5 Å². The fourth-order valence-electron chi connectivity index (χ4n) is 8.40. The minimum absolute atomic E-state index is 0.366. The van der Waals surface area contributed by atoms with E-state index >= 15 is 0 Å². The maximum atomic E-state index is 2.39. The molecule has 0 aliphatic carbocycles. The molecule has 0 bridgehead atoms. The van der Waals surface area contributed by atoms with Crippen molar-refractivity contribution in [1.82, 2.24) is 4.57 Å². The molecule has 9 aromatic carbocycles. The first-order valence-electron chi connectivity index (χ1n) is 19.4. The molecule has 0 unspecified atom stereocenters. The van der Waals surface area contributed by atoms with Crippen molar-refractivity contribution < 1.29 is 0 Å². The van der Waals surface area contributed by atoms with Gasteiger partial charge in [-0.2, -0.15) is 0 Å². The number of nitrogens with zero attached hydrogens (tertiary/aromatic N) is 2. The summed E-state index contributed by atoms with van der Waals surface area (Å²) < 4.78 is 5.32. The number of anilines is 3. The van der Waals surface area contributed by atoms with Gasteiger partial charge < -0.3 is 4.57 Å². The molecule has 0 atom stereocenters. The molecule has 2 nitrogen and oxygen atoms in total. The number of rotatable bonds is 7. The SMILES string of the molecule is c1ccc(-c2ccc(-c3ccc(N(c4ccc(-c5ccc6[se]c7ccccc7c6c5)cc4)c4ccc5c(c4)c4ccccc4n5-c4ccccc4)cc3)cc2)cc1. The zero-order chi connectivity index (χ0) is 37.7. The average molecular weight is 792 g/mol. The minimum atomic E-state index is 0.366. The van der Waals surface area contributed by atoms with Crippen LogP contribution in [-0.2, 0) is 0 Å². The average Bonchev–Trinajstić information content (AvgIpc) is 3.83. The molecule has 0 saturated heterocycles. The Bertz CT molecular complexity index is 3200. The number of hydrogen-bond donors (Lipinski definition) is 0. The van der Waals surface area contributed by atoms with E-state index in [9.17, 15) is 0 Å². The van der Waals surface area contributed by atoms with Crippen LogP contribution in [0.3, 0.4) is 0 Å². The van der Waals surface area contributed by atoms with Crippen molar-refractivity contribution in [2.45, 2.75) is 0 Å². The van der Waals surface area contributed by atoms with Crippen molar-refractivity contribution in [1.29, 1.82) is 0 Å². The topological polar surface area (TPSA) is 8.17 Å². The van der Waals surface area contributed by atoms with Gasteiger partial charge in [-0.1, -0.05) is 91.0 Å². The van der Waals surface area contributed by atoms with E-state index in [4.69, 9.17) is 0 Å². The smallest absolute Gasteiger partial charge is 0.0617 e. The van der Waals surface area contributed by atoms with Crippen LogP contribution < -0.4 is 4.90 Å². The number of para-hydroxylation sites is 2. The van der Waals surface area contributed by atoms with E-state index in [1.54, 1.807) is 0 Å². The van der Waals surface area contributed by atoms with Gasteiger partial charge in [0.05, 0.1) is 11.0 Å². The van der Waals surface area contributed by atoms with Crippen molar-refractivity contribution in [3.05, 3.63) is 218 Å². The molecule has 2 heterocycles. The van der Waals surface area contributed by atoms with Gasteiger partial charge in [0.1, 0.15) is 0 Å². The van der Waals surface area contributed by atoms with Crippen LogP contribution in [0.2, 0.25) is 0 Å². The first-order chi connectivity index (χ1) is 28.2. The van der Waals surface area contributed by atoms with Crippen molar-refractivity contribution in [2.24, 2.45) is 0 Å². The first kappa shape index (κ1) is 33.4. The van der Waals surface area contributed by atoms with Crippen LogP contribution in [0.4, 0.5) is 17.1 Å². The molecular formula is C54H36N2Se. The van der Waals surface area contributed by atoms with E-state index in [0.29, 0.717) is 14.5 Å². The summed E-state index contributed by atoms with van der Waals surface area (Å²) in [6.07, 6.45) is 0. The molecule has 11 aromatic rings.